The number of hydrogen-bond donors (Lipinski definition) is 2. The first-order valence-electron chi connectivity index (χ1n) is 6.79. The van der Waals surface area contributed by atoms with Crippen molar-refractivity contribution in [1.29, 1.82) is 0 Å². The number of rotatable bonds is 5. The van der Waals surface area contributed by atoms with Crippen LogP contribution in [-0.2, 0) is 14.8 Å². The maximum absolute atomic E-state index is 12.0. The lowest BCUT2D eigenvalue weighted by atomic mass is 10.1. The van der Waals surface area contributed by atoms with E-state index in [2.05, 4.69) is 5.32 Å². The summed E-state index contributed by atoms with van der Waals surface area (Å²) in [5, 5.41) is 2.86. The lowest BCUT2D eigenvalue weighted by Crippen LogP contribution is -2.43. The van der Waals surface area contributed by atoms with Gasteiger partial charge in [-0.15, -0.1) is 0 Å². The zero-order valence-electron chi connectivity index (χ0n) is 12.5. The van der Waals surface area contributed by atoms with Gasteiger partial charge in [-0.05, 0) is 37.5 Å². The largest absolute Gasteiger partial charge is 0.348 e. The summed E-state index contributed by atoms with van der Waals surface area (Å²) in [6.45, 7) is 1.85. The molecule has 7 heteroatoms. The number of sulfonamides is 1. The van der Waals surface area contributed by atoms with Gasteiger partial charge in [0.05, 0.1) is 16.5 Å². The van der Waals surface area contributed by atoms with E-state index in [1.807, 2.05) is 6.92 Å². The van der Waals surface area contributed by atoms with Crippen LogP contribution in [0.3, 0.4) is 0 Å². The number of amides is 1. The van der Waals surface area contributed by atoms with E-state index in [4.69, 9.17) is 5.73 Å². The summed E-state index contributed by atoms with van der Waals surface area (Å²) in [5.41, 5.74) is 5.97. The van der Waals surface area contributed by atoms with Gasteiger partial charge >= 0.3 is 0 Å². The van der Waals surface area contributed by atoms with E-state index in [1.165, 1.54) is 18.4 Å². The summed E-state index contributed by atoms with van der Waals surface area (Å²) in [6, 6.07) is 6.29. The number of nitrogens with zero attached hydrogens (tertiary/aromatic N) is 1. The first-order valence-corrected chi connectivity index (χ1v) is 8.23. The molecule has 0 saturated heterocycles. The number of carbonyl (C=O) groups excluding carboxylic acids is 1. The van der Waals surface area contributed by atoms with Crippen LogP contribution >= 0.6 is 0 Å². The molecule has 1 saturated carbocycles. The van der Waals surface area contributed by atoms with E-state index in [0.29, 0.717) is 12.8 Å². The molecule has 21 heavy (non-hydrogen) atoms. The zero-order valence-corrected chi connectivity index (χ0v) is 13.3. The standard InChI is InChI=1S/C14H21N3O3S/c1-10(16-13(18)14(15)8-9-14)11-4-6-12(7-5-11)21(19,20)17(2)3/h4-7,10H,8-9,15H2,1-3H3,(H,16,18). The summed E-state index contributed by atoms with van der Waals surface area (Å²) < 4.78 is 25.1. The van der Waals surface area contributed by atoms with Gasteiger partial charge in [0.15, 0.2) is 0 Å². The van der Waals surface area contributed by atoms with Gasteiger partial charge in [-0.25, -0.2) is 12.7 Å². The molecule has 1 fully saturated rings. The van der Waals surface area contributed by atoms with Gasteiger partial charge in [-0.3, -0.25) is 4.79 Å². The summed E-state index contributed by atoms with van der Waals surface area (Å²) in [5.74, 6) is -0.153. The summed E-state index contributed by atoms with van der Waals surface area (Å²) in [7, 11) is -0.453. The van der Waals surface area contributed by atoms with Crippen LogP contribution in [-0.4, -0.2) is 38.3 Å². The first-order chi connectivity index (χ1) is 9.67. The molecule has 1 atom stereocenters. The number of hydrogen-bond acceptors (Lipinski definition) is 4. The third kappa shape index (κ3) is 3.25. The highest BCUT2D eigenvalue weighted by Crippen LogP contribution is 2.33. The number of carbonyl (C=O) groups is 1. The normalized spacial score (nSPS) is 18.3. The highest BCUT2D eigenvalue weighted by Gasteiger charge is 2.46. The van der Waals surface area contributed by atoms with E-state index in [0.717, 1.165) is 5.56 Å². The Morgan fingerprint density at radius 3 is 2.24 bits per heavy atom. The van der Waals surface area contributed by atoms with E-state index in [9.17, 15) is 13.2 Å². The van der Waals surface area contributed by atoms with Crippen LogP contribution in [0.15, 0.2) is 29.2 Å². The minimum absolute atomic E-state index is 0.153. The molecule has 0 aliphatic heterocycles. The third-order valence-electron chi connectivity index (χ3n) is 3.75. The lowest BCUT2D eigenvalue weighted by Gasteiger charge is -2.18. The lowest BCUT2D eigenvalue weighted by molar-refractivity contribution is -0.123. The van der Waals surface area contributed by atoms with Crippen molar-refractivity contribution in [2.24, 2.45) is 5.73 Å². The van der Waals surface area contributed by atoms with Crippen molar-refractivity contribution in [3.63, 3.8) is 0 Å². The number of nitrogens with two attached hydrogens (primary N) is 1. The van der Waals surface area contributed by atoms with Gasteiger partial charge in [-0.1, -0.05) is 12.1 Å². The molecule has 1 aromatic rings. The van der Waals surface area contributed by atoms with Crippen molar-refractivity contribution >= 4 is 15.9 Å². The van der Waals surface area contributed by atoms with Crippen molar-refractivity contribution < 1.29 is 13.2 Å². The second-order valence-electron chi connectivity index (χ2n) is 5.71. The van der Waals surface area contributed by atoms with Gasteiger partial charge in [-0.2, -0.15) is 0 Å². The van der Waals surface area contributed by atoms with Crippen LogP contribution in [0.25, 0.3) is 0 Å². The van der Waals surface area contributed by atoms with E-state index in [1.54, 1.807) is 24.3 Å². The number of nitrogens with one attached hydrogen (secondary N) is 1. The molecule has 116 valence electrons. The topological polar surface area (TPSA) is 92.5 Å². The molecule has 0 spiro atoms. The Balaban J connectivity index is 2.10. The van der Waals surface area contributed by atoms with Crippen LogP contribution in [0.2, 0.25) is 0 Å². The fourth-order valence-electron chi connectivity index (χ4n) is 1.92. The fraction of sp³-hybridized carbons (Fsp3) is 0.500. The van der Waals surface area contributed by atoms with Crippen molar-refractivity contribution in [3.05, 3.63) is 29.8 Å². The molecule has 0 aromatic heterocycles. The number of benzene rings is 1. The summed E-state index contributed by atoms with van der Waals surface area (Å²) in [6.07, 6.45) is 1.43. The predicted molar refractivity (Wildman–Crippen MR) is 80.0 cm³/mol. The average molecular weight is 311 g/mol. The van der Waals surface area contributed by atoms with Gasteiger partial charge in [0.1, 0.15) is 0 Å². The van der Waals surface area contributed by atoms with Crippen molar-refractivity contribution in [1.82, 2.24) is 9.62 Å². The molecule has 6 nitrogen and oxygen atoms in total. The summed E-state index contributed by atoms with van der Waals surface area (Å²) >= 11 is 0. The molecule has 1 unspecified atom stereocenters. The van der Waals surface area contributed by atoms with Crippen LogP contribution in [0.1, 0.15) is 31.4 Å². The van der Waals surface area contributed by atoms with E-state index in [-0.39, 0.29) is 16.8 Å². The Bertz CT molecular complexity index is 634. The molecule has 3 N–H and O–H groups in total. The molecule has 1 aromatic carbocycles. The van der Waals surface area contributed by atoms with Gasteiger partial charge < -0.3 is 11.1 Å². The van der Waals surface area contributed by atoms with Crippen LogP contribution < -0.4 is 11.1 Å². The molecular weight excluding hydrogens is 290 g/mol. The predicted octanol–water partition coefficient (Wildman–Crippen LogP) is 0.605. The second kappa shape index (κ2) is 5.40. The summed E-state index contributed by atoms with van der Waals surface area (Å²) in [4.78, 5) is 12.1. The third-order valence-corrected chi connectivity index (χ3v) is 5.58. The average Bonchev–Trinajstić information content (AvgIpc) is 3.18. The van der Waals surface area contributed by atoms with Gasteiger partial charge in [0.25, 0.3) is 0 Å². The second-order valence-corrected chi connectivity index (χ2v) is 7.86. The van der Waals surface area contributed by atoms with Crippen molar-refractivity contribution in [2.75, 3.05) is 14.1 Å². The SMILES string of the molecule is CC(NC(=O)C1(N)CC1)c1ccc(S(=O)(=O)N(C)C)cc1. The Labute approximate surface area is 125 Å². The van der Waals surface area contributed by atoms with E-state index >= 15 is 0 Å². The minimum Gasteiger partial charge on any atom is -0.348 e. The highest BCUT2D eigenvalue weighted by molar-refractivity contribution is 7.89. The minimum atomic E-state index is -3.43. The molecule has 2 rings (SSSR count). The quantitative estimate of drug-likeness (QED) is 0.833. The fourth-order valence-corrected chi connectivity index (χ4v) is 2.83. The first kappa shape index (κ1) is 15.9. The Morgan fingerprint density at radius 1 is 1.29 bits per heavy atom. The van der Waals surface area contributed by atoms with Gasteiger partial charge in [0.2, 0.25) is 15.9 Å². The maximum atomic E-state index is 12.0. The Hall–Kier alpha value is -1.44. The monoisotopic (exact) mass is 311 g/mol. The Kier molecular flexibility index (Phi) is 4.10. The van der Waals surface area contributed by atoms with Crippen LogP contribution in [0, 0.1) is 0 Å². The molecular formula is C14H21N3O3S. The molecule has 0 heterocycles. The van der Waals surface area contributed by atoms with Crippen molar-refractivity contribution in [3.8, 4) is 0 Å². The van der Waals surface area contributed by atoms with Crippen LogP contribution in [0.5, 0.6) is 0 Å². The molecule has 0 radical (unpaired) electrons. The van der Waals surface area contributed by atoms with E-state index < -0.39 is 15.6 Å². The smallest absolute Gasteiger partial charge is 0.242 e. The van der Waals surface area contributed by atoms with Crippen molar-refractivity contribution in [2.45, 2.75) is 36.2 Å². The molecule has 0 bridgehead atoms. The molecule has 1 aliphatic rings. The maximum Gasteiger partial charge on any atom is 0.242 e. The highest BCUT2D eigenvalue weighted by atomic mass is 32.2. The molecule has 1 amide bonds. The van der Waals surface area contributed by atoms with Gasteiger partial charge in [0, 0.05) is 14.1 Å². The molecule has 1 aliphatic carbocycles. The Morgan fingerprint density at radius 2 is 1.81 bits per heavy atom. The zero-order chi connectivity index (χ0) is 15.8. The van der Waals surface area contributed by atoms with Crippen LogP contribution in [0.4, 0.5) is 0 Å².